The summed E-state index contributed by atoms with van der Waals surface area (Å²) in [6, 6.07) is 12.3. The van der Waals surface area contributed by atoms with Crippen LogP contribution in [0, 0.1) is 0 Å². The van der Waals surface area contributed by atoms with Gasteiger partial charge in [-0.05, 0) is 56.3 Å². The minimum atomic E-state index is -0.977. The van der Waals surface area contributed by atoms with E-state index < -0.39 is 49.9 Å². The number of halogens is 1. The summed E-state index contributed by atoms with van der Waals surface area (Å²) < 4.78 is 19.1. The van der Waals surface area contributed by atoms with Crippen LogP contribution < -0.4 is 11.1 Å². The summed E-state index contributed by atoms with van der Waals surface area (Å²) in [6.45, 7) is 3.69. The zero-order valence-corrected chi connectivity index (χ0v) is 28.1. The number of rotatable bonds is 17. The van der Waals surface area contributed by atoms with Crippen molar-refractivity contribution in [3.05, 3.63) is 59.7 Å². The van der Waals surface area contributed by atoms with Crippen LogP contribution >= 0.6 is 12.4 Å². The number of esters is 2. The molecule has 0 aliphatic rings. The molecular formula is C33H55ClN4O12. The van der Waals surface area contributed by atoms with Crippen LogP contribution in [0.5, 0.6) is 11.5 Å². The molecule has 2 atom stereocenters. The number of carbonyl (C=O) groups excluding carboxylic acids is 4. The summed E-state index contributed by atoms with van der Waals surface area (Å²) >= 11 is 0. The van der Waals surface area contributed by atoms with Crippen LogP contribution in [0.15, 0.2) is 48.5 Å². The Morgan fingerprint density at radius 2 is 1.14 bits per heavy atom. The van der Waals surface area contributed by atoms with Gasteiger partial charge in [-0.2, -0.15) is 0 Å². The molecule has 2 unspecified atom stereocenters. The maximum absolute atomic E-state index is 11.9. The second-order valence-electron chi connectivity index (χ2n) is 9.78. The van der Waals surface area contributed by atoms with Crippen molar-refractivity contribution in [3.8, 4) is 11.5 Å². The lowest BCUT2D eigenvalue weighted by molar-refractivity contribution is -0.153. The average Bonchev–Trinajstić information content (AvgIpc) is 3.05. The lowest BCUT2D eigenvalue weighted by Gasteiger charge is -2.23. The third kappa shape index (κ3) is 20.2. The molecule has 0 aromatic heterocycles. The number of nitrogens with one attached hydrogen (secondary N) is 1. The molecule has 2 rings (SSSR count). The fraction of sp³-hybridized carbons (Fsp3) is 0.515. The molecule has 2 aromatic carbocycles. The van der Waals surface area contributed by atoms with Crippen LogP contribution in [0.3, 0.4) is 0 Å². The maximum Gasteiger partial charge on any atom is 0.412 e. The molecule has 17 heteroatoms. The van der Waals surface area contributed by atoms with E-state index in [0.29, 0.717) is 30.8 Å². The Labute approximate surface area is 300 Å². The minimum Gasteiger partial charge on any atom is -0.508 e. The molecule has 0 spiro atoms. The number of amides is 2. The summed E-state index contributed by atoms with van der Waals surface area (Å²) in [5, 5.41) is 41.9. The van der Waals surface area contributed by atoms with Crippen molar-refractivity contribution < 1.29 is 58.6 Å². The molecule has 50 heavy (non-hydrogen) atoms. The fourth-order valence-electron chi connectivity index (χ4n) is 3.72. The van der Waals surface area contributed by atoms with Gasteiger partial charge in [0.05, 0.1) is 38.1 Å². The number of hydrogen-bond acceptors (Lipinski definition) is 14. The molecule has 0 radical (unpaired) electrons. The van der Waals surface area contributed by atoms with Crippen LogP contribution in [-0.4, -0.2) is 114 Å². The molecule has 0 aliphatic heterocycles. The zero-order chi connectivity index (χ0) is 35.2. The summed E-state index contributed by atoms with van der Waals surface area (Å²) in [4.78, 5) is 48.7. The minimum absolute atomic E-state index is 0. The SMILES string of the molecule is C.C.CCN(CC(O)c1cccc(O)c1)C(=O)OCOC(=O)CCN.CCN(CC(O)c1cccc(O)c1)C(=O)OCOC(=O)CCNC.Cl. The zero-order valence-electron chi connectivity index (χ0n) is 27.3. The van der Waals surface area contributed by atoms with Gasteiger partial charge in [0.15, 0.2) is 0 Å². The highest BCUT2D eigenvalue weighted by Gasteiger charge is 2.20. The molecule has 0 bridgehead atoms. The summed E-state index contributed by atoms with van der Waals surface area (Å²) in [5.41, 5.74) is 6.15. The van der Waals surface area contributed by atoms with Crippen LogP contribution in [0.2, 0.25) is 0 Å². The van der Waals surface area contributed by atoms with E-state index in [1.165, 1.54) is 34.1 Å². The van der Waals surface area contributed by atoms with E-state index in [1.807, 2.05) is 0 Å². The highest BCUT2D eigenvalue weighted by atomic mass is 35.5. The second kappa shape index (κ2) is 28.5. The lowest BCUT2D eigenvalue weighted by Crippen LogP contribution is -2.35. The molecule has 2 aromatic rings. The number of aromatic hydroxyl groups is 2. The molecule has 0 saturated heterocycles. The van der Waals surface area contributed by atoms with E-state index in [9.17, 15) is 39.6 Å². The van der Waals surface area contributed by atoms with Gasteiger partial charge >= 0.3 is 24.1 Å². The lowest BCUT2D eigenvalue weighted by atomic mass is 10.1. The Bertz CT molecular complexity index is 1260. The molecule has 0 aliphatic carbocycles. The van der Waals surface area contributed by atoms with Gasteiger partial charge in [-0.1, -0.05) is 39.1 Å². The summed E-state index contributed by atoms with van der Waals surface area (Å²) in [7, 11) is 1.71. The number of likely N-dealkylation sites (N-methyl/N-ethyl adjacent to an activating group) is 2. The maximum atomic E-state index is 11.9. The van der Waals surface area contributed by atoms with Crippen molar-refractivity contribution in [2.75, 3.05) is 59.9 Å². The number of aliphatic hydroxyl groups excluding tert-OH is 2. The predicted molar refractivity (Wildman–Crippen MR) is 188 cm³/mol. The van der Waals surface area contributed by atoms with Gasteiger partial charge in [-0.15, -0.1) is 12.4 Å². The second-order valence-corrected chi connectivity index (χ2v) is 9.78. The Kier molecular flexibility index (Phi) is 28.5. The highest BCUT2D eigenvalue weighted by Crippen LogP contribution is 2.20. The Balaban J connectivity index is -0.000000834. The van der Waals surface area contributed by atoms with Gasteiger partial charge in [0.25, 0.3) is 0 Å². The van der Waals surface area contributed by atoms with Crippen molar-refractivity contribution in [1.29, 1.82) is 0 Å². The van der Waals surface area contributed by atoms with Gasteiger partial charge in [0.2, 0.25) is 13.6 Å². The van der Waals surface area contributed by atoms with E-state index in [4.69, 9.17) is 19.9 Å². The monoisotopic (exact) mass is 734 g/mol. The molecule has 7 N–H and O–H groups in total. The number of nitrogens with two attached hydrogens (primary N) is 1. The van der Waals surface area contributed by atoms with Crippen molar-refractivity contribution in [2.24, 2.45) is 5.73 Å². The van der Waals surface area contributed by atoms with E-state index in [1.54, 1.807) is 45.2 Å². The molecular weight excluding hydrogens is 680 g/mol. The van der Waals surface area contributed by atoms with E-state index in [-0.39, 0.29) is 71.2 Å². The van der Waals surface area contributed by atoms with Gasteiger partial charge in [-0.25, -0.2) is 9.59 Å². The van der Waals surface area contributed by atoms with Crippen LogP contribution in [0.4, 0.5) is 9.59 Å². The smallest absolute Gasteiger partial charge is 0.412 e. The van der Waals surface area contributed by atoms with E-state index in [2.05, 4.69) is 10.1 Å². The molecule has 2 amide bonds. The largest absolute Gasteiger partial charge is 0.508 e. The Morgan fingerprint density at radius 1 is 0.740 bits per heavy atom. The summed E-state index contributed by atoms with van der Waals surface area (Å²) in [6.07, 6.45) is -3.13. The van der Waals surface area contributed by atoms with Gasteiger partial charge in [0.1, 0.15) is 11.5 Å². The Morgan fingerprint density at radius 3 is 1.48 bits per heavy atom. The first kappa shape index (κ1) is 50.0. The van der Waals surface area contributed by atoms with E-state index >= 15 is 0 Å². The van der Waals surface area contributed by atoms with Crippen molar-refractivity contribution >= 4 is 36.5 Å². The number of ether oxygens (including phenoxy) is 4. The standard InChI is InChI=1S/C16H24N2O6.C15H22N2O6.2CH4.ClH/c1-3-18(10-14(20)12-5-4-6-13(19)9-12)16(22)24-11-23-15(21)7-8-17-2;1-2-17(15(21)23-10-22-14(20)6-7-16)9-13(19)11-4-3-5-12(18)8-11;;;/h4-6,9,14,17,19-20H,3,7-8,10-11H2,1-2H3;3-5,8,13,18-19H,2,6-7,9-10,16H2,1H3;2*1H4;1H. The number of benzene rings is 2. The molecule has 16 nitrogen and oxygen atoms in total. The van der Waals surface area contributed by atoms with E-state index in [0.717, 1.165) is 0 Å². The van der Waals surface area contributed by atoms with Crippen molar-refractivity contribution in [2.45, 2.75) is 53.8 Å². The third-order valence-electron chi connectivity index (χ3n) is 6.31. The fourth-order valence-corrected chi connectivity index (χ4v) is 3.72. The third-order valence-corrected chi connectivity index (χ3v) is 6.31. The average molecular weight is 735 g/mol. The van der Waals surface area contributed by atoms with Gasteiger partial charge < -0.3 is 60.2 Å². The number of phenolic OH excluding ortho intramolecular Hbond substituents is 2. The predicted octanol–water partition coefficient (Wildman–Crippen LogP) is 3.42. The molecule has 0 saturated carbocycles. The molecule has 0 heterocycles. The number of hydrogen-bond donors (Lipinski definition) is 6. The topological polar surface area (TPSA) is 231 Å². The van der Waals surface area contributed by atoms with Crippen molar-refractivity contribution in [3.63, 3.8) is 0 Å². The number of carbonyl (C=O) groups is 4. The number of aliphatic hydroxyl groups is 2. The van der Waals surface area contributed by atoms with Crippen LogP contribution in [-0.2, 0) is 28.5 Å². The van der Waals surface area contributed by atoms with Gasteiger partial charge in [0, 0.05) is 26.2 Å². The van der Waals surface area contributed by atoms with Crippen molar-refractivity contribution in [1.82, 2.24) is 15.1 Å². The van der Waals surface area contributed by atoms with Crippen LogP contribution in [0.1, 0.15) is 64.9 Å². The summed E-state index contributed by atoms with van der Waals surface area (Å²) in [5.74, 6) is -0.965. The first-order valence-corrected chi connectivity index (χ1v) is 14.9. The Hall–Kier alpha value is -4.35. The normalized spacial score (nSPS) is 10.9. The van der Waals surface area contributed by atoms with Gasteiger partial charge in [-0.3, -0.25) is 9.59 Å². The van der Waals surface area contributed by atoms with Crippen LogP contribution in [0.25, 0.3) is 0 Å². The number of phenols is 2. The first-order chi connectivity index (χ1) is 22.4. The highest BCUT2D eigenvalue weighted by molar-refractivity contribution is 5.85. The molecule has 0 fully saturated rings. The first-order valence-electron chi connectivity index (χ1n) is 14.9. The number of nitrogens with zero attached hydrogens (tertiary/aromatic N) is 2. The quantitative estimate of drug-likeness (QED) is 0.101. The molecule has 286 valence electrons.